The molecule has 0 spiro atoms. The van der Waals surface area contributed by atoms with Crippen LogP contribution in [-0.2, 0) is 11.8 Å². The molecule has 1 heterocycles. The summed E-state index contributed by atoms with van der Waals surface area (Å²) in [6.45, 7) is 1.41. The van der Waals surface area contributed by atoms with Gasteiger partial charge >= 0.3 is 5.68 Å². The number of nitrogens with zero attached hydrogens (tertiary/aromatic N) is 2. The first-order chi connectivity index (χ1) is 10.7. The van der Waals surface area contributed by atoms with Crippen LogP contribution >= 0.6 is 0 Å². The molecule has 4 heteroatoms. The summed E-state index contributed by atoms with van der Waals surface area (Å²) in [5.74, 6) is 0.415. The lowest BCUT2D eigenvalue weighted by Gasteiger charge is -2.04. The van der Waals surface area contributed by atoms with Crippen molar-refractivity contribution in [1.29, 1.82) is 0 Å². The summed E-state index contributed by atoms with van der Waals surface area (Å²) in [7, 11) is 1.85. The number of amides is 1. The first-order valence-corrected chi connectivity index (χ1v) is 7.03. The molecule has 110 valence electrons. The van der Waals surface area contributed by atoms with E-state index in [1.807, 2.05) is 67.7 Å². The van der Waals surface area contributed by atoms with Crippen LogP contribution < -0.4 is 5.68 Å². The van der Waals surface area contributed by atoms with E-state index in [1.165, 1.54) is 6.92 Å². The first-order valence-electron chi connectivity index (χ1n) is 7.03. The number of hydrogen-bond acceptors (Lipinski definition) is 2. The number of hydrogen-bond donors (Lipinski definition) is 0. The third-order valence-corrected chi connectivity index (χ3v) is 3.37. The molecule has 0 fully saturated rings. The van der Waals surface area contributed by atoms with Gasteiger partial charge in [-0.05, 0) is 0 Å². The topological polar surface area (TPSA) is 47.5 Å². The highest BCUT2D eigenvalue weighted by molar-refractivity contribution is 5.77. The Morgan fingerprint density at radius 3 is 2.05 bits per heavy atom. The van der Waals surface area contributed by atoms with Crippen LogP contribution in [0.3, 0.4) is 0 Å². The van der Waals surface area contributed by atoms with Gasteiger partial charge in [0.1, 0.15) is 0 Å². The summed E-state index contributed by atoms with van der Waals surface area (Å²) < 4.78 is 7.68. The monoisotopic (exact) mass is 292 g/mol. The summed E-state index contributed by atoms with van der Waals surface area (Å²) in [4.78, 5) is 15.3. The Balaban J connectivity index is 2.32. The van der Waals surface area contributed by atoms with Gasteiger partial charge in [-0.25, -0.2) is 0 Å². The van der Waals surface area contributed by atoms with Crippen molar-refractivity contribution in [2.24, 2.45) is 12.0 Å². The summed E-state index contributed by atoms with van der Waals surface area (Å²) in [5, 5.41) is 0. The van der Waals surface area contributed by atoms with Gasteiger partial charge in [0.05, 0.1) is 5.69 Å². The average Bonchev–Trinajstić information content (AvgIpc) is 2.85. The van der Waals surface area contributed by atoms with Crippen molar-refractivity contribution in [3.05, 3.63) is 66.3 Å². The second-order valence-corrected chi connectivity index (χ2v) is 4.98. The van der Waals surface area contributed by atoms with Crippen LogP contribution in [0.1, 0.15) is 6.92 Å². The fraction of sp³-hybridized carbons (Fsp3) is 0.111. The van der Waals surface area contributed by atoms with Gasteiger partial charge in [0.25, 0.3) is 0 Å². The van der Waals surface area contributed by atoms with Gasteiger partial charge in [0.2, 0.25) is 5.91 Å². The second kappa shape index (κ2) is 5.85. The lowest BCUT2D eigenvalue weighted by molar-refractivity contribution is -0.116. The highest BCUT2D eigenvalue weighted by Crippen LogP contribution is 2.30. The SMILES string of the molecule is CC(=O)N=c1oc(-c2ccccc2)c(-c2ccccc2)n1C. The number of benzene rings is 2. The van der Waals surface area contributed by atoms with Crippen molar-refractivity contribution < 1.29 is 9.21 Å². The molecule has 0 bridgehead atoms. The van der Waals surface area contributed by atoms with Gasteiger partial charge < -0.3 is 4.42 Å². The van der Waals surface area contributed by atoms with E-state index < -0.39 is 0 Å². The quantitative estimate of drug-likeness (QED) is 0.726. The highest BCUT2D eigenvalue weighted by atomic mass is 16.4. The molecule has 0 aliphatic carbocycles. The van der Waals surface area contributed by atoms with Crippen molar-refractivity contribution in [3.8, 4) is 22.6 Å². The zero-order chi connectivity index (χ0) is 15.5. The van der Waals surface area contributed by atoms with Crippen LogP contribution in [0, 0.1) is 0 Å². The maximum absolute atomic E-state index is 11.3. The van der Waals surface area contributed by atoms with Crippen molar-refractivity contribution >= 4 is 5.91 Å². The maximum atomic E-state index is 11.3. The minimum absolute atomic E-state index is 0.288. The smallest absolute Gasteiger partial charge is 0.305 e. The first kappa shape index (κ1) is 14.1. The molecule has 22 heavy (non-hydrogen) atoms. The third kappa shape index (κ3) is 2.63. The Labute approximate surface area is 128 Å². The Hall–Kier alpha value is -2.88. The minimum Gasteiger partial charge on any atom is -0.423 e. The van der Waals surface area contributed by atoms with Crippen molar-refractivity contribution in [2.45, 2.75) is 6.92 Å². The molecular formula is C18H16N2O2. The Bertz CT molecular complexity index is 859. The van der Waals surface area contributed by atoms with Crippen LogP contribution in [0.4, 0.5) is 0 Å². The molecule has 0 aliphatic rings. The molecule has 0 unspecified atom stereocenters. The lowest BCUT2D eigenvalue weighted by atomic mass is 10.1. The summed E-state index contributed by atoms with van der Waals surface area (Å²) in [6.07, 6.45) is 0. The van der Waals surface area contributed by atoms with Gasteiger partial charge in [0, 0.05) is 25.1 Å². The summed E-state index contributed by atoms with van der Waals surface area (Å²) in [5.41, 5.74) is 3.15. The van der Waals surface area contributed by atoms with Gasteiger partial charge in [0.15, 0.2) is 5.76 Å². The van der Waals surface area contributed by atoms with E-state index in [4.69, 9.17) is 4.42 Å². The molecule has 0 saturated carbocycles. The van der Waals surface area contributed by atoms with E-state index in [1.54, 1.807) is 4.57 Å². The maximum Gasteiger partial charge on any atom is 0.305 e. The van der Waals surface area contributed by atoms with E-state index in [0.29, 0.717) is 11.4 Å². The number of aromatic nitrogens is 1. The van der Waals surface area contributed by atoms with Crippen LogP contribution in [-0.4, -0.2) is 10.5 Å². The Morgan fingerprint density at radius 1 is 0.955 bits per heavy atom. The minimum atomic E-state index is -0.288. The third-order valence-electron chi connectivity index (χ3n) is 3.37. The molecule has 3 aromatic rings. The van der Waals surface area contributed by atoms with Crippen LogP contribution in [0.2, 0.25) is 0 Å². The molecule has 0 atom stereocenters. The van der Waals surface area contributed by atoms with Crippen LogP contribution in [0.25, 0.3) is 22.6 Å². The second-order valence-electron chi connectivity index (χ2n) is 4.98. The van der Waals surface area contributed by atoms with Gasteiger partial charge in [-0.15, -0.1) is 0 Å². The van der Waals surface area contributed by atoms with Gasteiger partial charge in [-0.1, -0.05) is 60.7 Å². The number of oxazole rings is 1. The number of carbonyl (C=O) groups is 1. The van der Waals surface area contributed by atoms with E-state index in [-0.39, 0.29) is 5.91 Å². The van der Waals surface area contributed by atoms with E-state index >= 15 is 0 Å². The molecule has 2 aromatic carbocycles. The van der Waals surface area contributed by atoms with Crippen molar-refractivity contribution in [2.75, 3.05) is 0 Å². The molecule has 0 radical (unpaired) electrons. The molecular weight excluding hydrogens is 276 g/mol. The zero-order valence-electron chi connectivity index (χ0n) is 12.5. The van der Waals surface area contributed by atoms with E-state index in [2.05, 4.69) is 4.99 Å². The van der Waals surface area contributed by atoms with Crippen molar-refractivity contribution in [1.82, 2.24) is 4.57 Å². The predicted octanol–water partition coefficient (Wildman–Crippen LogP) is 3.40. The molecule has 0 N–H and O–H groups in total. The molecule has 3 rings (SSSR count). The molecule has 4 nitrogen and oxygen atoms in total. The molecule has 1 amide bonds. The largest absolute Gasteiger partial charge is 0.423 e. The number of rotatable bonds is 2. The van der Waals surface area contributed by atoms with Gasteiger partial charge in [-0.2, -0.15) is 4.99 Å². The van der Waals surface area contributed by atoms with Gasteiger partial charge in [-0.3, -0.25) is 9.36 Å². The van der Waals surface area contributed by atoms with E-state index in [0.717, 1.165) is 16.8 Å². The standard InChI is InChI=1S/C18H16N2O2/c1-13(21)19-18-20(2)16(14-9-5-3-6-10-14)17(22-18)15-11-7-4-8-12-15/h3-12H,1-2H3. The predicted molar refractivity (Wildman–Crippen MR) is 84.8 cm³/mol. The fourth-order valence-corrected chi connectivity index (χ4v) is 2.39. The van der Waals surface area contributed by atoms with Crippen molar-refractivity contribution in [3.63, 3.8) is 0 Å². The normalized spacial score (nSPS) is 11.6. The zero-order valence-corrected chi connectivity index (χ0v) is 12.5. The average molecular weight is 292 g/mol. The fourth-order valence-electron chi connectivity index (χ4n) is 2.39. The Kier molecular flexibility index (Phi) is 3.74. The summed E-state index contributed by atoms with van der Waals surface area (Å²) in [6, 6.07) is 19.7. The highest BCUT2D eigenvalue weighted by Gasteiger charge is 2.16. The molecule has 0 saturated heterocycles. The molecule has 1 aromatic heterocycles. The van der Waals surface area contributed by atoms with Crippen LogP contribution in [0.15, 0.2) is 70.1 Å². The van der Waals surface area contributed by atoms with Crippen LogP contribution in [0.5, 0.6) is 0 Å². The van der Waals surface area contributed by atoms with E-state index in [9.17, 15) is 4.79 Å². The summed E-state index contributed by atoms with van der Waals surface area (Å²) >= 11 is 0. The molecule has 0 aliphatic heterocycles. The Morgan fingerprint density at radius 2 is 1.50 bits per heavy atom. The number of carbonyl (C=O) groups excluding carboxylic acids is 1. The lowest BCUT2D eigenvalue weighted by Crippen LogP contribution is -2.14.